The van der Waals surface area contributed by atoms with Gasteiger partial charge in [0, 0.05) is 25.0 Å². The third kappa shape index (κ3) is 2.93. The summed E-state index contributed by atoms with van der Waals surface area (Å²) >= 11 is 0. The second kappa shape index (κ2) is 6.16. The number of rotatable bonds is 3. The number of nitrogens with one attached hydrogen (secondary N) is 1. The van der Waals surface area contributed by atoms with Gasteiger partial charge < -0.3 is 5.32 Å². The fourth-order valence-corrected chi connectivity index (χ4v) is 3.45. The maximum absolute atomic E-state index is 12.4. The van der Waals surface area contributed by atoms with Crippen LogP contribution < -0.4 is 5.32 Å². The Bertz CT molecular complexity index is 944. The molecule has 2 aromatic heterocycles. The lowest BCUT2D eigenvalue weighted by molar-refractivity contribution is 0.0927. The predicted octanol–water partition coefficient (Wildman–Crippen LogP) is 3.21. The third-order valence-corrected chi connectivity index (χ3v) is 4.79. The lowest BCUT2D eigenvalue weighted by Gasteiger charge is -2.14. The van der Waals surface area contributed by atoms with Crippen molar-refractivity contribution in [1.29, 1.82) is 0 Å². The number of benzene rings is 1. The largest absolute Gasteiger partial charge is 0.344 e. The van der Waals surface area contributed by atoms with Crippen LogP contribution in [0.25, 0.3) is 11.3 Å². The van der Waals surface area contributed by atoms with Crippen molar-refractivity contribution in [3.8, 4) is 11.3 Å². The number of amides is 1. The predicted molar refractivity (Wildman–Crippen MR) is 96.1 cm³/mol. The maximum Gasteiger partial charge on any atom is 0.270 e. The Hall–Kier alpha value is -2.95. The third-order valence-electron chi connectivity index (χ3n) is 4.79. The van der Waals surface area contributed by atoms with E-state index in [1.807, 2.05) is 12.3 Å². The molecule has 2 heterocycles. The van der Waals surface area contributed by atoms with Crippen LogP contribution in [0, 0.1) is 6.92 Å². The Balaban J connectivity index is 1.57. The molecule has 0 saturated carbocycles. The van der Waals surface area contributed by atoms with Gasteiger partial charge in [-0.15, -0.1) is 0 Å². The van der Waals surface area contributed by atoms with Crippen LogP contribution in [0.15, 0.2) is 48.8 Å². The van der Waals surface area contributed by atoms with Crippen molar-refractivity contribution in [3.05, 3.63) is 71.2 Å². The zero-order valence-corrected chi connectivity index (χ0v) is 14.4. The van der Waals surface area contributed by atoms with Crippen molar-refractivity contribution >= 4 is 5.91 Å². The van der Waals surface area contributed by atoms with Gasteiger partial charge in [0.1, 0.15) is 5.69 Å². The van der Waals surface area contributed by atoms with Crippen LogP contribution in [-0.4, -0.2) is 20.7 Å². The highest BCUT2D eigenvalue weighted by molar-refractivity contribution is 5.92. The molecule has 126 valence electrons. The Kier molecular flexibility index (Phi) is 3.84. The monoisotopic (exact) mass is 332 g/mol. The lowest BCUT2D eigenvalue weighted by atomic mass is 10.0. The number of carbonyl (C=O) groups excluding carboxylic acids is 1. The van der Waals surface area contributed by atoms with Gasteiger partial charge in [0.05, 0.1) is 11.7 Å². The molecule has 3 aromatic rings. The van der Waals surface area contributed by atoms with Crippen molar-refractivity contribution < 1.29 is 4.79 Å². The van der Waals surface area contributed by atoms with Gasteiger partial charge in [-0.25, -0.2) is 0 Å². The SMILES string of the molecule is Cc1ccnc(-c2ccc3c(c2)CC[C@H]3NC(=O)c2ccnn2C)c1. The van der Waals surface area contributed by atoms with Crippen molar-refractivity contribution in [3.63, 3.8) is 0 Å². The first-order chi connectivity index (χ1) is 12.1. The van der Waals surface area contributed by atoms with Crippen molar-refractivity contribution in [2.45, 2.75) is 25.8 Å². The summed E-state index contributed by atoms with van der Waals surface area (Å²) in [4.78, 5) is 16.9. The number of aromatic nitrogens is 3. The number of pyridine rings is 1. The lowest BCUT2D eigenvalue weighted by Crippen LogP contribution is -2.28. The molecule has 0 bridgehead atoms. The first kappa shape index (κ1) is 15.6. The van der Waals surface area contributed by atoms with Gasteiger partial charge in [-0.05, 0) is 60.7 Å². The molecule has 1 N–H and O–H groups in total. The van der Waals surface area contributed by atoms with E-state index in [0.717, 1.165) is 24.1 Å². The molecule has 4 rings (SSSR count). The molecule has 1 aromatic carbocycles. The van der Waals surface area contributed by atoms with Crippen molar-refractivity contribution in [1.82, 2.24) is 20.1 Å². The number of nitrogens with zero attached hydrogens (tertiary/aromatic N) is 3. The maximum atomic E-state index is 12.4. The fraction of sp³-hybridized carbons (Fsp3) is 0.250. The van der Waals surface area contributed by atoms with Gasteiger partial charge in [0.2, 0.25) is 0 Å². The average molecular weight is 332 g/mol. The molecule has 0 spiro atoms. The molecule has 0 unspecified atom stereocenters. The molecule has 5 heteroatoms. The van der Waals surface area contributed by atoms with E-state index in [2.05, 4.69) is 46.6 Å². The van der Waals surface area contributed by atoms with E-state index in [0.29, 0.717) is 5.69 Å². The summed E-state index contributed by atoms with van der Waals surface area (Å²) in [6.45, 7) is 2.07. The summed E-state index contributed by atoms with van der Waals surface area (Å²) in [5.74, 6) is -0.0812. The number of hydrogen-bond acceptors (Lipinski definition) is 3. The minimum atomic E-state index is -0.0812. The summed E-state index contributed by atoms with van der Waals surface area (Å²) in [6.07, 6.45) is 5.36. The average Bonchev–Trinajstić information content (AvgIpc) is 3.21. The second-order valence-corrected chi connectivity index (χ2v) is 6.54. The number of aryl methyl sites for hydroxylation is 3. The van der Waals surface area contributed by atoms with Crippen molar-refractivity contribution in [2.75, 3.05) is 0 Å². The van der Waals surface area contributed by atoms with E-state index >= 15 is 0 Å². The molecule has 1 aliphatic carbocycles. The fourth-order valence-electron chi connectivity index (χ4n) is 3.45. The normalized spacial score (nSPS) is 15.8. The first-order valence-corrected chi connectivity index (χ1v) is 8.46. The highest BCUT2D eigenvalue weighted by Crippen LogP contribution is 2.34. The zero-order chi connectivity index (χ0) is 17.4. The van der Waals surface area contributed by atoms with E-state index < -0.39 is 0 Å². The molecule has 0 saturated heterocycles. The number of carbonyl (C=O) groups is 1. The van der Waals surface area contributed by atoms with Crippen LogP contribution >= 0.6 is 0 Å². The summed E-state index contributed by atoms with van der Waals surface area (Å²) in [7, 11) is 1.78. The summed E-state index contributed by atoms with van der Waals surface area (Å²) in [6, 6.07) is 12.3. The molecule has 1 aliphatic rings. The molecule has 0 fully saturated rings. The number of fused-ring (bicyclic) bond motifs is 1. The van der Waals surface area contributed by atoms with Crippen LogP contribution in [0.2, 0.25) is 0 Å². The van der Waals surface area contributed by atoms with Gasteiger partial charge in [-0.2, -0.15) is 5.10 Å². The highest BCUT2D eigenvalue weighted by atomic mass is 16.2. The van der Waals surface area contributed by atoms with E-state index in [-0.39, 0.29) is 11.9 Å². The van der Waals surface area contributed by atoms with Gasteiger partial charge in [-0.3, -0.25) is 14.5 Å². The topological polar surface area (TPSA) is 59.8 Å². The van der Waals surface area contributed by atoms with Gasteiger partial charge in [0.25, 0.3) is 5.91 Å². The van der Waals surface area contributed by atoms with Gasteiger partial charge in [0.15, 0.2) is 0 Å². The van der Waals surface area contributed by atoms with Crippen LogP contribution in [0.3, 0.4) is 0 Å². The summed E-state index contributed by atoms with van der Waals surface area (Å²) < 4.78 is 1.59. The Morgan fingerprint density at radius 2 is 2.08 bits per heavy atom. The van der Waals surface area contributed by atoms with E-state index in [1.54, 1.807) is 24.0 Å². The standard InChI is InChI=1S/C20H20N4O/c1-13-7-9-21-18(11-13)15-3-5-16-14(12-15)4-6-17(16)23-20(25)19-8-10-22-24(19)2/h3,5,7-12,17H,4,6H2,1-2H3,(H,23,25)/t17-/m1/s1. The quantitative estimate of drug-likeness (QED) is 0.801. The summed E-state index contributed by atoms with van der Waals surface area (Å²) in [5.41, 5.74) is 6.38. The molecule has 5 nitrogen and oxygen atoms in total. The second-order valence-electron chi connectivity index (χ2n) is 6.54. The van der Waals surface area contributed by atoms with Crippen molar-refractivity contribution in [2.24, 2.45) is 7.05 Å². The highest BCUT2D eigenvalue weighted by Gasteiger charge is 2.25. The molecule has 0 aliphatic heterocycles. The van der Waals surface area contributed by atoms with Gasteiger partial charge in [-0.1, -0.05) is 12.1 Å². The molecular formula is C20H20N4O. The van der Waals surface area contributed by atoms with Gasteiger partial charge >= 0.3 is 0 Å². The van der Waals surface area contributed by atoms with E-state index in [1.165, 1.54) is 16.7 Å². The Morgan fingerprint density at radius 1 is 1.20 bits per heavy atom. The minimum absolute atomic E-state index is 0.0527. The molecule has 25 heavy (non-hydrogen) atoms. The number of hydrogen-bond donors (Lipinski definition) is 1. The van der Waals surface area contributed by atoms with Crippen LogP contribution in [0.4, 0.5) is 0 Å². The Morgan fingerprint density at radius 3 is 2.84 bits per heavy atom. The first-order valence-electron chi connectivity index (χ1n) is 8.46. The summed E-state index contributed by atoms with van der Waals surface area (Å²) in [5, 5.41) is 7.19. The van der Waals surface area contributed by atoms with E-state index in [9.17, 15) is 4.79 Å². The zero-order valence-electron chi connectivity index (χ0n) is 14.4. The minimum Gasteiger partial charge on any atom is -0.344 e. The van der Waals surface area contributed by atoms with Crippen LogP contribution in [0.5, 0.6) is 0 Å². The Labute approximate surface area is 146 Å². The molecule has 0 radical (unpaired) electrons. The smallest absolute Gasteiger partial charge is 0.270 e. The molecular weight excluding hydrogens is 312 g/mol. The van der Waals surface area contributed by atoms with Crippen LogP contribution in [-0.2, 0) is 13.5 Å². The molecule has 1 amide bonds. The van der Waals surface area contributed by atoms with E-state index in [4.69, 9.17) is 0 Å². The molecule has 1 atom stereocenters. The van der Waals surface area contributed by atoms with Crippen LogP contribution in [0.1, 0.15) is 39.6 Å².